The van der Waals surface area contributed by atoms with Crippen molar-refractivity contribution in [2.45, 2.75) is 39.5 Å². The van der Waals surface area contributed by atoms with Crippen LogP contribution in [0.25, 0.3) is 0 Å². The molecule has 0 aliphatic heterocycles. The second kappa shape index (κ2) is 8.83. The maximum absolute atomic E-state index is 12.3. The van der Waals surface area contributed by atoms with E-state index in [1.54, 1.807) is 18.4 Å². The molecule has 0 bridgehead atoms. The van der Waals surface area contributed by atoms with Gasteiger partial charge in [0, 0.05) is 24.8 Å². The van der Waals surface area contributed by atoms with Crippen molar-refractivity contribution in [3.63, 3.8) is 0 Å². The molecule has 0 fully saturated rings. The molecule has 1 heterocycles. The van der Waals surface area contributed by atoms with Gasteiger partial charge in [-0.05, 0) is 36.0 Å². The van der Waals surface area contributed by atoms with E-state index in [-0.39, 0.29) is 11.8 Å². The van der Waals surface area contributed by atoms with E-state index in [4.69, 9.17) is 4.74 Å². The highest BCUT2D eigenvalue weighted by atomic mass is 32.1. The number of amides is 1. The number of benzene rings is 1. The van der Waals surface area contributed by atoms with Gasteiger partial charge in [0.05, 0.1) is 18.3 Å². The lowest BCUT2D eigenvalue weighted by Crippen LogP contribution is -2.28. The Morgan fingerprint density at radius 1 is 1.38 bits per heavy atom. The highest BCUT2D eigenvalue weighted by molar-refractivity contribution is 7.07. The molecule has 0 saturated carbocycles. The van der Waals surface area contributed by atoms with Gasteiger partial charge < -0.3 is 10.1 Å². The zero-order valence-electron chi connectivity index (χ0n) is 14.8. The van der Waals surface area contributed by atoms with Crippen molar-refractivity contribution in [2.75, 3.05) is 13.7 Å². The van der Waals surface area contributed by atoms with Gasteiger partial charge in [-0.25, -0.2) is 4.98 Å². The molecule has 2 rings (SSSR count). The summed E-state index contributed by atoms with van der Waals surface area (Å²) in [6.07, 6.45) is 1.28. The normalized spacial score (nSPS) is 12.2. The third-order valence-corrected chi connectivity index (χ3v) is 4.88. The number of carbonyl (C=O) groups excluding carboxylic acids is 1. The Morgan fingerprint density at radius 3 is 2.75 bits per heavy atom. The van der Waals surface area contributed by atoms with Crippen LogP contribution in [-0.4, -0.2) is 24.5 Å². The van der Waals surface area contributed by atoms with Gasteiger partial charge in [-0.2, -0.15) is 0 Å². The average molecular weight is 346 g/mol. The summed E-state index contributed by atoms with van der Waals surface area (Å²) in [4.78, 5) is 16.5. The highest BCUT2D eigenvalue weighted by Crippen LogP contribution is 2.31. The van der Waals surface area contributed by atoms with Gasteiger partial charge >= 0.3 is 0 Å². The van der Waals surface area contributed by atoms with Crippen LogP contribution in [0.15, 0.2) is 29.1 Å². The fourth-order valence-corrected chi connectivity index (χ4v) is 3.43. The Hall–Kier alpha value is -1.88. The standard InChI is InChI=1S/C19H26N2O2S/c1-13(2)17(15-5-6-18(23-4)14(3)9-15)10-19(22)20-8-7-16-11-24-12-21-16/h5-6,9,11-13,17H,7-8,10H2,1-4H3,(H,20,22). The van der Waals surface area contributed by atoms with Gasteiger partial charge in [-0.3, -0.25) is 4.79 Å². The van der Waals surface area contributed by atoms with Crippen molar-refractivity contribution in [1.29, 1.82) is 0 Å². The Labute approximate surface area is 148 Å². The van der Waals surface area contributed by atoms with E-state index in [0.29, 0.717) is 18.9 Å². The zero-order chi connectivity index (χ0) is 17.5. The first kappa shape index (κ1) is 18.5. The molecule has 0 saturated heterocycles. The molecule has 24 heavy (non-hydrogen) atoms. The monoisotopic (exact) mass is 346 g/mol. The molecule has 0 aliphatic rings. The maximum Gasteiger partial charge on any atom is 0.220 e. The second-order valence-electron chi connectivity index (χ2n) is 6.36. The lowest BCUT2D eigenvalue weighted by atomic mass is 9.85. The van der Waals surface area contributed by atoms with Crippen LogP contribution in [0.2, 0.25) is 0 Å². The number of nitrogens with zero attached hydrogens (tertiary/aromatic N) is 1. The lowest BCUT2D eigenvalue weighted by molar-refractivity contribution is -0.121. The molecule has 1 N–H and O–H groups in total. The molecule has 1 atom stereocenters. The number of aryl methyl sites for hydroxylation is 1. The Morgan fingerprint density at radius 2 is 2.17 bits per heavy atom. The summed E-state index contributed by atoms with van der Waals surface area (Å²) < 4.78 is 5.33. The molecule has 0 spiro atoms. The smallest absolute Gasteiger partial charge is 0.220 e. The van der Waals surface area contributed by atoms with E-state index in [1.165, 1.54) is 5.56 Å². The second-order valence-corrected chi connectivity index (χ2v) is 7.08. The van der Waals surface area contributed by atoms with E-state index in [2.05, 4.69) is 36.3 Å². The highest BCUT2D eigenvalue weighted by Gasteiger charge is 2.20. The van der Waals surface area contributed by atoms with Gasteiger partial charge in [0.25, 0.3) is 0 Å². The quantitative estimate of drug-likeness (QED) is 0.787. The van der Waals surface area contributed by atoms with Crippen molar-refractivity contribution in [2.24, 2.45) is 5.92 Å². The molecule has 4 nitrogen and oxygen atoms in total. The van der Waals surface area contributed by atoms with Crippen LogP contribution in [-0.2, 0) is 11.2 Å². The molecular weight excluding hydrogens is 320 g/mol. The number of ether oxygens (including phenoxy) is 1. The van der Waals surface area contributed by atoms with E-state index in [1.807, 2.05) is 23.9 Å². The van der Waals surface area contributed by atoms with Crippen molar-refractivity contribution < 1.29 is 9.53 Å². The van der Waals surface area contributed by atoms with Crippen LogP contribution in [0.4, 0.5) is 0 Å². The summed E-state index contributed by atoms with van der Waals surface area (Å²) in [7, 11) is 1.68. The first-order valence-corrected chi connectivity index (χ1v) is 9.23. The summed E-state index contributed by atoms with van der Waals surface area (Å²) >= 11 is 1.58. The van der Waals surface area contributed by atoms with Crippen molar-refractivity contribution in [3.05, 3.63) is 45.9 Å². The van der Waals surface area contributed by atoms with Crippen LogP contribution >= 0.6 is 11.3 Å². The first-order chi connectivity index (χ1) is 11.5. The summed E-state index contributed by atoms with van der Waals surface area (Å²) in [6, 6.07) is 6.19. The molecular formula is C19H26N2O2S. The Bertz CT molecular complexity index is 653. The number of thiazole rings is 1. The predicted octanol–water partition coefficient (Wildman–Crippen LogP) is 3.95. The zero-order valence-corrected chi connectivity index (χ0v) is 15.7. The number of nitrogens with one attached hydrogen (secondary N) is 1. The lowest BCUT2D eigenvalue weighted by Gasteiger charge is -2.22. The van der Waals surface area contributed by atoms with E-state index < -0.39 is 0 Å². The van der Waals surface area contributed by atoms with Crippen LogP contribution in [0.5, 0.6) is 5.75 Å². The van der Waals surface area contributed by atoms with Crippen molar-refractivity contribution >= 4 is 17.2 Å². The fraction of sp³-hybridized carbons (Fsp3) is 0.474. The van der Waals surface area contributed by atoms with Gasteiger partial charge in [0.2, 0.25) is 5.91 Å². The summed E-state index contributed by atoms with van der Waals surface area (Å²) in [5.74, 6) is 1.57. The van der Waals surface area contributed by atoms with E-state index in [0.717, 1.165) is 23.4 Å². The van der Waals surface area contributed by atoms with Crippen LogP contribution in [0.3, 0.4) is 0 Å². The first-order valence-electron chi connectivity index (χ1n) is 8.29. The number of hydrogen-bond acceptors (Lipinski definition) is 4. The number of carbonyl (C=O) groups is 1. The molecule has 1 aromatic carbocycles. The van der Waals surface area contributed by atoms with Gasteiger partial charge in [-0.15, -0.1) is 11.3 Å². The molecule has 0 radical (unpaired) electrons. The number of rotatable bonds is 8. The molecule has 1 aromatic heterocycles. The molecule has 1 amide bonds. The molecule has 1 unspecified atom stereocenters. The minimum atomic E-state index is 0.0948. The average Bonchev–Trinajstić information content (AvgIpc) is 3.05. The van der Waals surface area contributed by atoms with E-state index >= 15 is 0 Å². The molecule has 0 aliphatic carbocycles. The van der Waals surface area contributed by atoms with Crippen molar-refractivity contribution in [1.82, 2.24) is 10.3 Å². The van der Waals surface area contributed by atoms with Gasteiger partial charge in [-0.1, -0.05) is 26.0 Å². The summed E-state index contributed by atoms with van der Waals surface area (Å²) in [5.41, 5.74) is 5.15. The number of methoxy groups -OCH3 is 1. The number of aromatic nitrogens is 1. The Kier molecular flexibility index (Phi) is 6.79. The largest absolute Gasteiger partial charge is 0.496 e. The molecule has 130 valence electrons. The molecule has 5 heteroatoms. The van der Waals surface area contributed by atoms with Gasteiger partial charge in [0.15, 0.2) is 0 Å². The third kappa shape index (κ3) is 5.06. The predicted molar refractivity (Wildman–Crippen MR) is 98.8 cm³/mol. The number of hydrogen-bond donors (Lipinski definition) is 1. The minimum Gasteiger partial charge on any atom is -0.496 e. The van der Waals surface area contributed by atoms with Crippen LogP contribution < -0.4 is 10.1 Å². The molecule has 2 aromatic rings. The third-order valence-electron chi connectivity index (χ3n) is 4.24. The maximum atomic E-state index is 12.3. The summed E-state index contributed by atoms with van der Waals surface area (Å²) in [5, 5.41) is 5.03. The van der Waals surface area contributed by atoms with Gasteiger partial charge in [0.1, 0.15) is 5.75 Å². The van der Waals surface area contributed by atoms with E-state index in [9.17, 15) is 4.79 Å². The summed E-state index contributed by atoms with van der Waals surface area (Å²) in [6.45, 7) is 6.99. The van der Waals surface area contributed by atoms with Crippen LogP contribution in [0, 0.1) is 12.8 Å². The Balaban J connectivity index is 1.95. The topological polar surface area (TPSA) is 51.2 Å². The minimum absolute atomic E-state index is 0.0948. The van der Waals surface area contributed by atoms with Crippen LogP contribution in [0.1, 0.15) is 43.0 Å². The van der Waals surface area contributed by atoms with Crippen molar-refractivity contribution in [3.8, 4) is 5.75 Å². The fourth-order valence-electron chi connectivity index (χ4n) is 2.83. The SMILES string of the molecule is COc1ccc(C(CC(=O)NCCc2cscn2)C(C)C)cc1C.